The number of hydrogen-bond donors (Lipinski definition) is 1. The van der Waals surface area contributed by atoms with Crippen molar-refractivity contribution < 1.29 is 23.5 Å². The van der Waals surface area contributed by atoms with Gasteiger partial charge in [-0.25, -0.2) is 4.79 Å². The molecule has 1 aliphatic rings. The highest BCUT2D eigenvalue weighted by atomic mass is 32.1. The number of furan rings is 1. The fourth-order valence-corrected chi connectivity index (χ4v) is 5.43. The van der Waals surface area contributed by atoms with Gasteiger partial charge in [0.25, 0.3) is 5.91 Å². The van der Waals surface area contributed by atoms with E-state index in [1.165, 1.54) is 16.9 Å². The molecule has 2 heterocycles. The van der Waals surface area contributed by atoms with Crippen molar-refractivity contribution in [2.75, 3.05) is 11.9 Å². The Morgan fingerprint density at radius 3 is 2.60 bits per heavy atom. The quantitative estimate of drug-likeness (QED) is 0.303. The summed E-state index contributed by atoms with van der Waals surface area (Å²) in [7, 11) is 0. The van der Waals surface area contributed by atoms with Gasteiger partial charge in [0.1, 0.15) is 23.1 Å². The number of benzene rings is 1. The number of anilines is 1. The van der Waals surface area contributed by atoms with Gasteiger partial charge in [0.15, 0.2) is 5.76 Å². The fraction of sp³-hybridized carbons (Fsp3) is 0.429. The first-order valence-electron chi connectivity index (χ1n) is 12.4. The SMILES string of the molecule is CCCOC(=O)c1c(NC(=O)c2ccc(COc3ccc(C(C)CC)cc3)o2)sc2c1CCCC2. The van der Waals surface area contributed by atoms with E-state index < -0.39 is 5.91 Å². The monoisotopic (exact) mass is 495 g/mol. The van der Waals surface area contributed by atoms with E-state index in [2.05, 4.69) is 31.3 Å². The van der Waals surface area contributed by atoms with E-state index in [9.17, 15) is 9.59 Å². The molecule has 6 nitrogen and oxygen atoms in total. The second-order valence-corrected chi connectivity index (χ2v) is 10.0. The number of hydrogen-bond acceptors (Lipinski definition) is 6. The molecule has 0 aliphatic heterocycles. The molecule has 1 aromatic carbocycles. The van der Waals surface area contributed by atoms with E-state index in [4.69, 9.17) is 13.9 Å². The van der Waals surface area contributed by atoms with Crippen molar-refractivity contribution in [2.24, 2.45) is 0 Å². The van der Waals surface area contributed by atoms with Crippen LogP contribution in [0.25, 0.3) is 0 Å². The molecule has 7 heteroatoms. The minimum atomic E-state index is -0.391. The average Bonchev–Trinajstić information content (AvgIpc) is 3.50. The number of nitrogens with one attached hydrogen (secondary N) is 1. The summed E-state index contributed by atoms with van der Waals surface area (Å²) in [6, 6.07) is 11.4. The van der Waals surface area contributed by atoms with Crippen LogP contribution in [0.15, 0.2) is 40.8 Å². The van der Waals surface area contributed by atoms with Crippen molar-refractivity contribution in [1.29, 1.82) is 0 Å². The third kappa shape index (κ3) is 5.96. The molecule has 1 aliphatic carbocycles. The molecule has 4 rings (SSSR count). The lowest BCUT2D eigenvalue weighted by Gasteiger charge is -2.12. The molecule has 35 heavy (non-hydrogen) atoms. The lowest BCUT2D eigenvalue weighted by Crippen LogP contribution is -2.15. The van der Waals surface area contributed by atoms with Crippen LogP contribution in [0.5, 0.6) is 5.75 Å². The van der Waals surface area contributed by atoms with Gasteiger partial charge in [0.05, 0.1) is 12.2 Å². The zero-order valence-electron chi connectivity index (χ0n) is 20.6. The maximum Gasteiger partial charge on any atom is 0.341 e. The molecule has 0 radical (unpaired) electrons. The number of carbonyl (C=O) groups is 2. The van der Waals surface area contributed by atoms with Crippen molar-refractivity contribution in [3.8, 4) is 5.75 Å². The molecule has 1 amide bonds. The second-order valence-electron chi connectivity index (χ2n) is 8.94. The first-order chi connectivity index (χ1) is 17.0. The smallest absolute Gasteiger partial charge is 0.341 e. The van der Waals surface area contributed by atoms with Gasteiger partial charge >= 0.3 is 5.97 Å². The molecule has 0 saturated heterocycles. The van der Waals surface area contributed by atoms with Crippen LogP contribution >= 0.6 is 11.3 Å². The highest BCUT2D eigenvalue weighted by Gasteiger charge is 2.28. The third-order valence-electron chi connectivity index (χ3n) is 6.37. The van der Waals surface area contributed by atoms with Gasteiger partial charge in [0, 0.05) is 4.88 Å². The molecule has 3 aromatic rings. The van der Waals surface area contributed by atoms with Crippen LogP contribution < -0.4 is 10.1 Å². The summed E-state index contributed by atoms with van der Waals surface area (Å²) in [5.74, 6) is 1.23. The molecule has 1 unspecified atom stereocenters. The maximum atomic E-state index is 12.9. The lowest BCUT2D eigenvalue weighted by molar-refractivity contribution is 0.0505. The summed E-state index contributed by atoms with van der Waals surface area (Å²) in [5, 5.41) is 3.44. The van der Waals surface area contributed by atoms with Crippen LogP contribution in [0.3, 0.4) is 0 Å². The first kappa shape index (κ1) is 25.0. The fourth-order valence-electron chi connectivity index (χ4n) is 4.16. The highest BCUT2D eigenvalue weighted by Crippen LogP contribution is 2.39. The van der Waals surface area contributed by atoms with E-state index in [1.807, 2.05) is 19.1 Å². The summed E-state index contributed by atoms with van der Waals surface area (Å²) in [6.07, 6.45) is 5.72. The number of amides is 1. The molecule has 1 N–H and O–H groups in total. The standard InChI is InChI=1S/C28H33NO5S/c1-4-16-32-28(31)25-22-8-6-7-9-24(22)35-27(25)29-26(30)23-15-14-21(34-23)17-33-20-12-10-19(11-13-20)18(3)5-2/h10-15,18H,4-9,16-17H2,1-3H3,(H,29,30). The van der Waals surface area contributed by atoms with Gasteiger partial charge < -0.3 is 19.2 Å². The van der Waals surface area contributed by atoms with E-state index in [1.54, 1.807) is 12.1 Å². The molecule has 2 aromatic heterocycles. The Labute approximate surface area is 210 Å². The Balaban J connectivity index is 1.42. The minimum Gasteiger partial charge on any atom is -0.486 e. The molecule has 0 bridgehead atoms. The molecule has 1 atom stereocenters. The van der Waals surface area contributed by atoms with Crippen molar-refractivity contribution in [3.63, 3.8) is 0 Å². The summed E-state index contributed by atoms with van der Waals surface area (Å²) in [6.45, 7) is 6.91. The number of thiophene rings is 1. The highest BCUT2D eigenvalue weighted by molar-refractivity contribution is 7.17. The van der Waals surface area contributed by atoms with Gasteiger partial charge in [0.2, 0.25) is 0 Å². The van der Waals surface area contributed by atoms with E-state index in [0.717, 1.165) is 54.7 Å². The number of ether oxygens (including phenoxy) is 2. The molecule has 0 fully saturated rings. The minimum absolute atomic E-state index is 0.176. The van der Waals surface area contributed by atoms with Gasteiger partial charge in [-0.15, -0.1) is 11.3 Å². The van der Waals surface area contributed by atoms with Gasteiger partial charge in [-0.05, 0) is 79.8 Å². The number of aryl methyl sites for hydroxylation is 1. The van der Waals surface area contributed by atoms with Crippen molar-refractivity contribution in [3.05, 3.63) is 69.5 Å². The Morgan fingerprint density at radius 2 is 1.86 bits per heavy atom. The predicted octanol–water partition coefficient (Wildman–Crippen LogP) is 7.13. The van der Waals surface area contributed by atoms with Crippen molar-refractivity contribution >= 4 is 28.2 Å². The molecular weight excluding hydrogens is 462 g/mol. The molecule has 186 valence electrons. The third-order valence-corrected chi connectivity index (χ3v) is 7.58. The van der Waals surface area contributed by atoms with E-state index in [-0.39, 0.29) is 18.3 Å². The van der Waals surface area contributed by atoms with Crippen LogP contribution in [0.2, 0.25) is 0 Å². The molecule has 0 saturated carbocycles. The van der Waals surface area contributed by atoms with Crippen LogP contribution in [0.4, 0.5) is 5.00 Å². The Kier molecular flexibility index (Phi) is 8.29. The average molecular weight is 496 g/mol. The summed E-state index contributed by atoms with van der Waals surface area (Å²) < 4.78 is 17.0. The van der Waals surface area contributed by atoms with E-state index >= 15 is 0 Å². The Morgan fingerprint density at radius 1 is 1.09 bits per heavy atom. The molecule has 0 spiro atoms. The lowest BCUT2D eigenvalue weighted by atomic mass is 9.95. The van der Waals surface area contributed by atoms with Crippen LogP contribution in [0.1, 0.15) is 95.0 Å². The first-order valence-corrected chi connectivity index (χ1v) is 13.3. The van der Waals surface area contributed by atoms with E-state index in [0.29, 0.717) is 28.8 Å². The number of rotatable bonds is 10. The van der Waals surface area contributed by atoms with Crippen LogP contribution in [-0.4, -0.2) is 18.5 Å². The largest absolute Gasteiger partial charge is 0.486 e. The number of fused-ring (bicyclic) bond motifs is 1. The maximum absolute atomic E-state index is 12.9. The summed E-state index contributed by atoms with van der Waals surface area (Å²) in [5.41, 5.74) is 2.80. The van der Waals surface area contributed by atoms with Crippen molar-refractivity contribution in [2.45, 2.75) is 71.8 Å². The zero-order valence-corrected chi connectivity index (χ0v) is 21.5. The van der Waals surface area contributed by atoms with Gasteiger partial charge in [-0.1, -0.05) is 32.9 Å². The topological polar surface area (TPSA) is 77.8 Å². The Bertz CT molecular complexity index is 1160. The summed E-state index contributed by atoms with van der Waals surface area (Å²) in [4.78, 5) is 26.9. The summed E-state index contributed by atoms with van der Waals surface area (Å²) >= 11 is 1.47. The van der Waals surface area contributed by atoms with Gasteiger partial charge in [-0.2, -0.15) is 0 Å². The van der Waals surface area contributed by atoms with Crippen LogP contribution in [-0.2, 0) is 24.2 Å². The number of carbonyl (C=O) groups excluding carboxylic acids is 2. The molecular formula is C28H33NO5S. The number of esters is 1. The zero-order chi connectivity index (χ0) is 24.8. The predicted molar refractivity (Wildman–Crippen MR) is 138 cm³/mol. The second kappa shape index (κ2) is 11.6. The normalized spacial score (nSPS) is 13.7. The van der Waals surface area contributed by atoms with Crippen LogP contribution in [0, 0.1) is 0 Å². The van der Waals surface area contributed by atoms with Gasteiger partial charge in [-0.3, -0.25) is 4.79 Å². The van der Waals surface area contributed by atoms with Crippen molar-refractivity contribution in [1.82, 2.24) is 0 Å². The Hall–Kier alpha value is -3.06.